The summed E-state index contributed by atoms with van der Waals surface area (Å²) in [5.41, 5.74) is -2.15. The van der Waals surface area contributed by atoms with Crippen LogP contribution >= 0.6 is 0 Å². The second kappa shape index (κ2) is 8.00. The van der Waals surface area contributed by atoms with Gasteiger partial charge in [-0.25, -0.2) is 0 Å². The molecule has 0 aliphatic heterocycles. The molecule has 0 heterocycles. The van der Waals surface area contributed by atoms with Crippen LogP contribution in [0, 0.1) is 11.3 Å². The standard InChI is InChI=1S/C9H12O6.C6H12/c10-6(11)5-3-1-2-4-9(5,7(12)13)8(14)15;1-2-4-6-5-3-1/h5H,1-4H2,(H,10,11)(H,12,13)(H,14,15);1-6H2. The van der Waals surface area contributed by atoms with Gasteiger partial charge in [-0.2, -0.15) is 0 Å². The maximum atomic E-state index is 11.0. The third-order valence-corrected chi connectivity index (χ3v) is 4.47. The SMILES string of the molecule is C1CCCCC1.O=C(O)C1CCCCC1(C(=O)O)C(=O)O. The van der Waals surface area contributed by atoms with Crippen molar-refractivity contribution in [1.29, 1.82) is 0 Å². The number of carboxylic acids is 3. The first-order valence-corrected chi connectivity index (χ1v) is 7.62. The molecule has 3 N–H and O–H groups in total. The molecular formula is C15H24O6. The summed E-state index contributed by atoms with van der Waals surface area (Å²) in [6, 6.07) is 0. The van der Waals surface area contributed by atoms with Crippen molar-refractivity contribution >= 4 is 17.9 Å². The average Bonchev–Trinajstić information content (AvgIpc) is 2.49. The summed E-state index contributed by atoms with van der Waals surface area (Å²) in [6.07, 6.45) is 9.98. The first-order chi connectivity index (χ1) is 9.93. The molecule has 2 aliphatic carbocycles. The smallest absolute Gasteiger partial charge is 0.321 e. The van der Waals surface area contributed by atoms with Crippen molar-refractivity contribution in [3.63, 3.8) is 0 Å². The van der Waals surface area contributed by atoms with E-state index in [-0.39, 0.29) is 12.8 Å². The van der Waals surface area contributed by atoms with Gasteiger partial charge in [0.05, 0.1) is 5.92 Å². The first-order valence-electron chi connectivity index (χ1n) is 7.62. The Bertz CT molecular complexity index is 360. The summed E-state index contributed by atoms with van der Waals surface area (Å²) < 4.78 is 0. The van der Waals surface area contributed by atoms with Crippen LogP contribution in [-0.2, 0) is 14.4 Å². The Kier molecular flexibility index (Phi) is 6.65. The predicted molar refractivity (Wildman–Crippen MR) is 75.0 cm³/mol. The van der Waals surface area contributed by atoms with E-state index in [0.29, 0.717) is 12.8 Å². The highest BCUT2D eigenvalue weighted by Gasteiger charge is 2.56. The minimum absolute atomic E-state index is 0.105. The van der Waals surface area contributed by atoms with E-state index in [0.717, 1.165) is 0 Å². The van der Waals surface area contributed by atoms with Crippen LogP contribution in [-0.4, -0.2) is 33.2 Å². The Morgan fingerprint density at radius 2 is 1.14 bits per heavy atom. The largest absolute Gasteiger partial charge is 0.481 e. The molecule has 120 valence electrons. The second-order valence-corrected chi connectivity index (χ2v) is 5.84. The van der Waals surface area contributed by atoms with Crippen LogP contribution in [0.3, 0.4) is 0 Å². The molecule has 0 aromatic carbocycles. The molecule has 2 rings (SSSR count). The number of hydrogen-bond acceptors (Lipinski definition) is 3. The average molecular weight is 300 g/mol. The summed E-state index contributed by atoms with van der Waals surface area (Å²) in [5.74, 6) is -5.79. The topological polar surface area (TPSA) is 112 Å². The van der Waals surface area contributed by atoms with Crippen LogP contribution in [0.2, 0.25) is 0 Å². The summed E-state index contributed by atoms with van der Waals surface area (Å²) in [7, 11) is 0. The van der Waals surface area contributed by atoms with E-state index in [4.69, 9.17) is 15.3 Å². The Morgan fingerprint density at radius 3 is 1.43 bits per heavy atom. The molecule has 0 spiro atoms. The molecule has 1 atom stereocenters. The zero-order chi connectivity index (χ0) is 15.9. The highest BCUT2D eigenvalue weighted by Crippen LogP contribution is 2.42. The van der Waals surface area contributed by atoms with E-state index in [1.807, 2.05) is 0 Å². The first kappa shape index (κ1) is 17.5. The highest BCUT2D eigenvalue weighted by molar-refractivity contribution is 6.02. The Labute approximate surface area is 124 Å². The monoisotopic (exact) mass is 300 g/mol. The molecule has 1 unspecified atom stereocenters. The van der Waals surface area contributed by atoms with Crippen LogP contribution in [0.1, 0.15) is 64.2 Å². The Hall–Kier alpha value is -1.59. The number of carbonyl (C=O) groups is 3. The van der Waals surface area contributed by atoms with Gasteiger partial charge in [-0.1, -0.05) is 51.4 Å². The van der Waals surface area contributed by atoms with Gasteiger partial charge in [-0.3, -0.25) is 14.4 Å². The summed E-state index contributed by atoms with van der Waals surface area (Å²) >= 11 is 0. The number of hydrogen-bond donors (Lipinski definition) is 3. The molecule has 0 aromatic heterocycles. The lowest BCUT2D eigenvalue weighted by Crippen LogP contribution is -2.50. The van der Waals surface area contributed by atoms with Gasteiger partial charge in [0.2, 0.25) is 0 Å². The Morgan fingerprint density at radius 1 is 0.714 bits per heavy atom. The van der Waals surface area contributed by atoms with Gasteiger partial charge >= 0.3 is 17.9 Å². The van der Waals surface area contributed by atoms with Gasteiger partial charge in [0, 0.05) is 0 Å². The van der Waals surface area contributed by atoms with E-state index < -0.39 is 29.2 Å². The van der Waals surface area contributed by atoms with E-state index in [9.17, 15) is 14.4 Å². The van der Waals surface area contributed by atoms with E-state index in [1.54, 1.807) is 0 Å². The van der Waals surface area contributed by atoms with Gasteiger partial charge in [0.15, 0.2) is 5.41 Å². The van der Waals surface area contributed by atoms with E-state index in [2.05, 4.69) is 0 Å². The molecule has 0 saturated heterocycles. The van der Waals surface area contributed by atoms with Crippen LogP contribution in [0.4, 0.5) is 0 Å². The van der Waals surface area contributed by atoms with Gasteiger partial charge < -0.3 is 15.3 Å². The zero-order valence-electron chi connectivity index (χ0n) is 12.2. The van der Waals surface area contributed by atoms with Crippen molar-refractivity contribution < 1.29 is 29.7 Å². The van der Waals surface area contributed by atoms with Gasteiger partial charge in [0.1, 0.15) is 0 Å². The highest BCUT2D eigenvalue weighted by atomic mass is 16.4. The van der Waals surface area contributed by atoms with E-state index >= 15 is 0 Å². The molecule has 2 saturated carbocycles. The van der Waals surface area contributed by atoms with Gasteiger partial charge in [-0.05, 0) is 12.8 Å². The molecule has 0 amide bonds. The fourth-order valence-corrected chi connectivity index (χ4v) is 3.17. The van der Waals surface area contributed by atoms with E-state index in [1.165, 1.54) is 38.5 Å². The molecular weight excluding hydrogens is 276 g/mol. The van der Waals surface area contributed by atoms with Gasteiger partial charge in [-0.15, -0.1) is 0 Å². The maximum Gasteiger partial charge on any atom is 0.321 e. The lowest BCUT2D eigenvalue weighted by atomic mass is 9.66. The zero-order valence-corrected chi connectivity index (χ0v) is 12.2. The molecule has 0 aromatic rings. The van der Waals surface area contributed by atoms with Crippen molar-refractivity contribution in [3.8, 4) is 0 Å². The maximum absolute atomic E-state index is 11.0. The predicted octanol–water partition coefficient (Wildman–Crippen LogP) is 2.76. The third kappa shape index (κ3) is 4.19. The summed E-state index contributed by atoms with van der Waals surface area (Å²) in [6.45, 7) is 0. The van der Waals surface area contributed by atoms with Crippen molar-refractivity contribution in [2.24, 2.45) is 11.3 Å². The lowest BCUT2D eigenvalue weighted by Gasteiger charge is -2.34. The van der Waals surface area contributed by atoms with Crippen LogP contribution in [0.25, 0.3) is 0 Å². The van der Waals surface area contributed by atoms with Crippen molar-refractivity contribution in [2.75, 3.05) is 0 Å². The number of rotatable bonds is 3. The van der Waals surface area contributed by atoms with Crippen molar-refractivity contribution in [1.82, 2.24) is 0 Å². The normalized spacial score (nSPS) is 24.3. The fraction of sp³-hybridized carbons (Fsp3) is 0.800. The quantitative estimate of drug-likeness (QED) is 0.691. The van der Waals surface area contributed by atoms with Gasteiger partial charge in [0.25, 0.3) is 0 Å². The fourth-order valence-electron chi connectivity index (χ4n) is 3.17. The van der Waals surface area contributed by atoms with Crippen LogP contribution < -0.4 is 0 Å². The lowest BCUT2D eigenvalue weighted by molar-refractivity contribution is -0.179. The van der Waals surface area contributed by atoms with Crippen molar-refractivity contribution in [2.45, 2.75) is 64.2 Å². The van der Waals surface area contributed by atoms with Crippen LogP contribution in [0.5, 0.6) is 0 Å². The molecule has 6 heteroatoms. The minimum atomic E-state index is -2.15. The number of carboxylic acid groups (broad SMARTS) is 3. The molecule has 6 nitrogen and oxygen atoms in total. The second-order valence-electron chi connectivity index (χ2n) is 5.84. The Balaban J connectivity index is 0.000000304. The van der Waals surface area contributed by atoms with Crippen LogP contribution in [0.15, 0.2) is 0 Å². The molecule has 2 fully saturated rings. The molecule has 21 heavy (non-hydrogen) atoms. The summed E-state index contributed by atoms with van der Waals surface area (Å²) in [4.78, 5) is 32.8. The third-order valence-electron chi connectivity index (χ3n) is 4.47. The molecule has 2 aliphatic rings. The van der Waals surface area contributed by atoms with Crippen molar-refractivity contribution in [3.05, 3.63) is 0 Å². The number of aliphatic carboxylic acids is 3. The summed E-state index contributed by atoms with van der Waals surface area (Å²) in [5, 5.41) is 26.7. The molecule has 0 radical (unpaired) electrons. The minimum Gasteiger partial charge on any atom is -0.481 e. The molecule has 0 bridgehead atoms.